The molecule has 0 fully saturated rings. The standard InChI is InChI=1S/C14H16N4O/c1-9-8-16-10(2)13(9)11(3)17-18-14(19)12-6-4-5-7-15-12/h4-8,16H,1-3H3,(H,18,19)/b17-11+. The molecule has 0 unspecified atom stereocenters. The fraction of sp³-hybridized carbons (Fsp3) is 0.214. The predicted molar refractivity (Wildman–Crippen MR) is 74.2 cm³/mol. The van der Waals surface area contributed by atoms with Crippen molar-refractivity contribution in [3.8, 4) is 0 Å². The summed E-state index contributed by atoms with van der Waals surface area (Å²) in [7, 11) is 0. The van der Waals surface area contributed by atoms with E-state index in [2.05, 4.69) is 20.5 Å². The summed E-state index contributed by atoms with van der Waals surface area (Å²) >= 11 is 0. The second-order valence-corrected chi connectivity index (χ2v) is 4.32. The Morgan fingerprint density at radius 3 is 2.74 bits per heavy atom. The average molecular weight is 256 g/mol. The van der Waals surface area contributed by atoms with Gasteiger partial charge >= 0.3 is 0 Å². The van der Waals surface area contributed by atoms with E-state index in [1.165, 1.54) is 0 Å². The van der Waals surface area contributed by atoms with Gasteiger partial charge in [0, 0.05) is 23.7 Å². The smallest absolute Gasteiger partial charge is 0.289 e. The van der Waals surface area contributed by atoms with E-state index in [4.69, 9.17) is 0 Å². The molecule has 98 valence electrons. The second-order valence-electron chi connectivity index (χ2n) is 4.32. The molecule has 0 aliphatic carbocycles. The Hall–Kier alpha value is -2.43. The number of nitrogens with zero attached hydrogens (tertiary/aromatic N) is 2. The molecule has 2 rings (SSSR count). The molecule has 0 aromatic carbocycles. The molecule has 0 aliphatic rings. The number of rotatable bonds is 3. The Bertz CT molecular complexity index is 594. The van der Waals surface area contributed by atoms with E-state index in [9.17, 15) is 4.79 Å². The minimum atomic E-state index is -0.314. The third-order valence-corrected chi connectivity index (χ3v) is 2.86. The lowest BCUT2D eigenvalue weighted by molar-refractivity contribution is 0.0950. The lowest BCUT2D eigenvalue weighted by Gasteiger charge is -2.03. The van der Waals surface area contributed by atoms with E-state index >= 15 is 0 Å². The molecule has 0 atom stereocenters. The normalized spacial score (nSPS) is 11.4. The zero-order valence-corrected chi connectivity index (χ0v) is 11.2. The van der Waals surface area contributed by atoms with E-state index < -0.39 is 0 Å². The third-order valence-electron chi connectivity index (χ3n) is 2.86. The highest BCUT2D eigenvalue weighted by atomic mass is 16.2. The molecule has 19 heavy (non-hydrogen) atoms. The van der Waals surface area contributed by atoms with Crippen molar-refractivity contribution in [1.82, 2.24) is 15.4 Å². The number of hydrogen-bond acceptors (Lipinski definition) is 3. The molecule has 0 saturated heterocycles. The zero-order valence-electron chi connectivity index (χ0n) is 11.2. The number of hydrogen-bond donors (Lipinski definition) is 2. The SMILES string of the molecule is C/C(=N\NC(=O)c1ccccn1)c1c(C)c[nH]c1C. The van der Waals surface area contributed by atoms with Crippen LogP contribution in [0.1, 0.15) is 34.2 Å². The summed E-state index contributed by atoms with van der Waals surface area (Å²) in [5.41, 5.74) is 6.79. The summed E-state index contributed by atoms with van der Waals surface area (Å²) in [5, 5.41) is 4.12. The van der Waals surface area contributed by atoms with Crippen molar-refractivity contribution >= 4 is 11.6 Å². The van der Waals surface area contributed by atoms with Gasteiger partial charge in [0.25, 0.3) is 5.91 Å². The molecule has 0 bridgehead atoms. The molecule has 0 aliphatic heterocycles. The Kier molecular flexibility index (Phi) is 3.75. The van der Waals surface area contributed by atoms with Gasteiger partial charge in [-0.05, 0) is 38.5 Å². The van der Waals surface area contributed by atoms with E-state index in [1.807, 2.05) is 27.0 Å². The molecular weight excluding hydrogens is 240 g/mol. The minimum absolute atomic E-state index is 0.314. The summed E-state index contributed by atoms with van der Waals surface area (Å²) in [5.74, 6) is -0.314. The highest BCUT2D eigenvalue weighted by Crippen LogP contribution is 2.12. The fourth-order valence-corrected chi connectivity index (χ4v) is 1.96. The van der Waals surface area contributed by atoms with Gasteiger partial charge in [-0.3, -0.25) is 9.78 Å². The monoisotopic (exact) mass is 256 g/mol. The van der Waals surface area contributed by atoms with Crippen LogP contribution in [-0.4, -0.2) is 21.6 Å². The Morgan fingerprint density at radius 2 is 2.16 bits per heavy atom. The average Bonchev–Trinajstić information content (AvgIpc) is 2.76. The Morgan fingerprint density at radius 1 is 1.37 bits per heavy atom. The number of pyridine rings is 1. The van der Waals surface area contributed by atoms with E-state index in [1.54, 1.807) is 24.4 Å². The van der Waals surface area contributed by atoms with Gasteiger partial charge in [0.1, 0.15) is 5.69 Å². The van der Waals surface area contributed by atoms with Gasteiger partial charge in [-0.1, -0.05) is 6.07 Å². The van der Waals surface area contributed by atoms with Crippen LogP contribution in [0.4, 0.5) is 0 Å². The quantitative estimate of drug-likeness (QED) is 0.652. The summed E-state index contributed by atoms with van der Waals surface area (Å²) in [6, 6.07) is 5.17. The van der Waals surface area contributed by atoms with E-state index in [0.717, 1.165) is 22.5 Å². The zero-order chi connectivity index (χ0) is 13.8. The largest absolute Gasteiger partial charge is 0.364 e. The molecule has 0 radical (unpaired) electrons. The molecule has 0 saturated carbocycles. The van der Waals surface area contributed by atoms with Crippen LogP contribution in [0.15, 0.2) is 35.7 Å². The van der Waals surface area contributed by atoms with Gasteiger partial charge in [0.15, 0.2) is 0 Å². The fourth-order valence-electron chi connectivity index (χ4n) is 1.96. The number of H-pyrrole nitrogens is 1. The lowest BCUT2D eigenvalue weighted by atomic mass is 10.1. The molecule has 2 N–H and O–H groups in total. The predicted octanol–water partition coefficient (Wildman–Crippen LogP) is 2.18. The Labute approximate surface area is 111 Å². The highest BCUT2D eigenvalue weighted by Gasteiger charge is 2.09. The maximum atomic E-state index is 11.8. The number of aryl methyl sites for hydroxylation is 2. The summed E-state index contributed by atoms with van der Waals surface area (Å²) in [6.07, 6.45) is 3.50. The second kappa shape index (κ2) is 5.48. The number of carbonyl (C=O) groups excluding carboxylic acids is 1. The van der Waals surface area contributed by atoms with Gasteiger partial charge in [0.2, 0.25) is 0 Å². The van der Waals surface area contributed by atoms with Crippen LogP contribution in [0.2, 0.25) is 0 Å². The molecule has 2 aromatic rings. The van der Waals surface area contributed by atoms with Crippen molar-refractivity contribution < 1.29 is 4.79 Å². The first kappa shape index (κ1) is 13.0. The maximum absolute atomic E-state index is 11.8. The van der Waals surface area contributed by atoms with E-state index in [-0.39, 0.29) is 5.91 Å². The van der Waals surface area contributed by atoms with Crippen molar-refractivity contribution in [2.45, 2.75) is 20.8 Å². The van der Waals surface area contributed by atoms with Crippen LogP contribution in [-0.2, 0) is 0 Å². The molecule has 2 heterocycles. The van der Waals surface area contributed by atoms with Gasteiger partial charge < -0.3 is 4.98 Å². The molecule has 2 aromatic heterocycles. The van der Waals surface area contributed by atoms with Crippen LogP contribution in [0.3, 0.4) is 0 Å². The van der Waals surface area contributed by atoms with Crippen LogP contribution < -0.4 is 5.43 Å². The van der Waals surface area contributed by atoms with Crippen molar-refractivity contribution in [3.05, 3.63) is 53.1 Å². The molecular formula is C14H16N4O. The number of aromatic nitrogens is 2. The lowest BCUT2D eigenvalue weighted by Crippen LogP contribution is -2.20. The number of carbonyl (C=O) groups is 1. The molecule has 0 spiro atoms. The van der Waals surface area contributed by atoms with E-state index in [0.29, 0.717) is 5.69 Å². The van der Waals surface area contributed by atoms with Gasteiger partial charge in [-0.25, -0.2) is 5.43 Å². The number of amides is 1. The first-order chi connectivity index (χ1) is 9.09. The van der Waals surface area contributed by atoms with Gasteiger partial charge in [-0.2, -0.15) is 5.10 Å². The topological polar surface area (TPSA) is 70.1 Å². The van der Waals surface area contributed by atoms with Crippen molar-refractivity contribution in [2.24, 2.45) is 5.10 Å². The number of hydrazone groups is 1. The summed E-state index contributed by atoms with van der Waals surface area (Å²) < 4.78 is 0. The molecule has 1 amide bonds. The van der Waals surface area contributed by atoms with Crippen molar-refractivity contribution in [2.75, 3.05) is 0 Å². The summed E-state index contributed by atoms with van der Waals surface area (Å²) in [6.45, 7) is 5.84. The number of nitrogens with one attached hydrogen (secondary N) is 2. The molecule has 5 nitrogen and oxygen atoms in total. The van der Waals surface area contributed by atoms with Crippen LogP contribution in [0.5, 0.6) is 0 Å². The van der Waals surface area contributed by atoms with Gasteiger partial charge in [0.05, 0.1) is 5.71 Å². The Balaban J connectivity index is 2.13. The number of aromatic amines is 1. The first-order valence-corrected chi connectivity index (χ1v) is 6.00. The first-order valence-electron chi connectivity index (χ1n) is 6.00. The minimum Gasteiger partial charge on any atom is -0.364 e. The maximum Gasteiger partial charge on any atom is 0.289 e. The van der Waals surface area contributed by atoms with Gasteiger partial charge in [-0.15, -0.1) is 0 Å². The highest BCUT2D eigenvalue weighted by molar-refractivity contribution is 6.02. The van der Waals surface area contributed by atoms with Crippen LogP contribution in [0.25, 0.3) is 0 Å². The summed E-state index contributed by atoms with van der Waals surface area (Å²) in [4.78, 5) is 18.9. The van der Waals surface area contributed by atoms with Crippen molar-refractivity contribution in [1.29, 1.82) is 0 Å². The van der Waals surface area contributed by atoms with Crippen LogP contribution >= 0.6 is 0 Å². The molecule has 5 heteroatoms. The van der Waals surface area contributed by atoms with Crippen LogP contribution in [0, 0.1) is 13.8 Å². The third kappa shape index (κ3) is 2.88. The van der Waals surface area contributed by atoms with Crippen molar-refractivity contribution in [3.63, 3.8) is 0 Å².